The zero-order chi connectivity index (χ0) is 12.6. The molecule has 0 atom stereocenters. The van der Waals surface area contributed by atoms with Crippen LogP contribution in [0.4, 0.5) is 0 Å². The summed E-state index contributed by atoms with van der Waals surface area (Å²) >= 11 is 0. The van der Waals surface area contributed by atoms with Gasteiger partial charge in [-0.1, -0.05) is 12.1 Å². The van der Waals surface area contributed by atoms with Gasteiger partial charge in [-0.25, -0.2) is 4.98 Å². The van der Waals surface area contributed by atoms with Crippen LogP contribution in [-0.2, 0) is 5.54 Å². The van der Waals surface area contributed by atoms with Gasteiger partial charge in [0, 0.05) is 26.2 Å². The molecule has 1 aromatic carbocycles. The molecule has 1 aliphatic heterocycles. The number of para-hydroxylation sites is 2. The minimum Gasteiger partial charge on any atom is -0.439 e. The third kappa shape index (κ3) is 1.91. The van der Waals surface area contributed by atoms with Gasteiger partial charge in [-0.05, 0) is 26.0 Å². The lowest BCUT2D eigenvalue weighted by molar-refractivity contribution is 0.0793. The predicted octanol–water partition coefficient (Wildman–Crippen LogP) is 1.97. The number of nitrogens with zero attached hydrogens (tertiary/aromatic N) is 2. The topological polar surface area (TPSA) is 41.3 Å². The highest BCUT2D eigenvalue weighted by Crippen LogP contribution is 2.29. The van der Waals surface area contributed by atoms with Crippen LogP contribution in [0, 0.1) is 0 Å². The Bertz CT molecular complexity index is 508. The Labute approximate surface area is 107 Å². The lowest BCUT2D eigenvalue weighted by Crippen LogP contribution is -2.51. The maximum Gasteiger partial charge on any atom is 0.215 e. The van der Waals surface area contributed by atoms with Crippen molar-refractivity contribution in [2.24, 2.45) is 0 Å². The molecule has 96 valence electrons. The van der Waals surface area contributed by atoms with E-state index in [0.717, 1.165) is 43.2 Å². The first-order chi connectivity index (χ1) is 8.68. The van der Waals surface area contributed by atoms with Crippen molar-refractivity contribution < 1.29 is 4.42 Å². The van der Waals surface area contributed by atoms with Crippen molar-refractivity contribution in [3.8, 4) is 0 Å². The summed E-state index contributed by atoms with van der Waals surface area (Å²) in [5, 5.41) is 3.37. The number of aromatic nitrogens is 1. The van der Waals surface area contributed by atoms with E-state index in [9.17, 15) is 0 Å². The molecule has 0 saturated carbocycles. The highest BCUT2D eigenvalue weighted by Gasteiger charge is 2.34. The minimum absolute atomic E-state index is 0.152. The van der Waals surface area contributed by atoms with E-state index in [2.05, 4.69) is 29.0 Å². The molecule has 0 radical (unpaired) electrons. The van der Waals surface area contributed by atoms with Crippen LogP contribution < -0.4 is 5.32 Å². The first-order valence-corrected chi connectivity index (χ1v) is 6.50. The summed E-state index contributed by atoms with van der Waals surface area (Å²) in [6.07, 6.45) is 0. The number of hydrogen-bond acceptors (Lipinski definition) is 4. The molecule has 0 spiro atoms. The molecule has 3 rings (SSSR count). The summed E-state index contributed by atoms with van der Waals surface area (Å²) in [6, 6.07) is 7.94. The van der Waals surface area contributed by atoms with Gasteiger partial charge in [0.05, 0.1) is 5.54 Å². The van der Waals surface area contributed by atoms with Gasteiger partial charge in [0.2, 0.25) is 5.89 Å². The molecule has 4 nitrogen and oxygen atoms in total. The number of nitrogens with one attached hydrogen (secondary N) is 1. The highest BCUT2D eigenvalue weighted by molar-refractivity contribution is 5.72. The number of benzene rings is 1. The van der Waals surface area contributed by atoms with Gasteiger partial charge < -0.3 is 9.73 Å². The van der Waals surface area contributed by atoms with Crippen molar-refractivity contribution in [3.05, 3.63) is 30.2 Å². The summed E-state index contributed by atoms with van der Waals surface area (Å²) in [7, 11) is 0. The molecule has 0 amide bonds. The summed E-state index contributed by atoms with van der Waals surface area (Å²) in [4.78, 5) is 7.06. The van der Waals surface area contributed by atoms with Crippen LogP contribution in [0.25, 0.3) is 11.1 Å². The lowest BCUT2D eigenvalue weighted by Gasteiger charge is -2.38. The number of fused-ring (bicyclic) bond motifs is 1. The molecular weight excluding hydrogens is 226 g/mol. The molecule has 18 heavy (non-hydrogen) atoms. The van der Waals surface area contributed by atoms with Crippen LogP contribution in [-0.4, -0.2) is 36.1 Å². The average Bonchev–Trinajstić information content (AvgIpc) is 2.84. The molecule has 1 N–H and O–H groups in total. The van der Waals surface area contributed by atoms with Gasteiger partial charge in [0.15, 0.2) is 5.58 Å². The van der Waals surface area contributed by atoms with Crippen molar-refractivity contribution in [1.82, 2.24) is 15.2 Å². The Morgan fingerprint density at radius 3 is 2.67 bits per heavy atom. The largest absolute Gasteiger partial charge is 0.439 e. The van der Waals surface area contributed by atoms with Crippen molar-refractivity contribution in [1.29, 1.82) is 0 Å². The van der Waals surface area contributed by atoms with Crippen LogP contribution in [0.5, 0.6) is 0 Å². The Hall–Kier alpha value is -1.39. The van der Waals surface area contributed by atoms with Crippen LogP contribution >= 0.6 is 0 Å². The molecule has 1 saturated heterocycles. The Kier molecular flexibility index (Phi) is 2.84. The molecule has 1 aromatic heterocycles. The van der Waals surface area contributed by atoms with Gasteiger partial charge in [0.1, 0.15) is 5.52 Å². The van der Waals surface area contributed by atoms with E-state index in [4.69, 9.17) is 4.42 Å². The molecule has 1 fully saturated rings. The fraction of sp³-hybridized carbons (Fsp3) is 0.500. The fourth-order valence-corrected chi connectivity index (χ4v) is 2.49. The molecule has 1 aliphatic rings. The molecule has 0 bridgehead atoms. The van der Waals surface area contributed by atoms with Gasteiger partial charge in [-0.2, -0.15) is 0 Å². The standard InChI is InChI=1S/C14H19N3O/c1-14(2,17-9-7-15-8-10-17)13-16-11-5-3-4-6-12(11)18-13/h3-6,15H,7-10H2,1-2H3. The lowest BCUT2D eigenvalue weighted by atomic mass is 10.0. The van der Waals surface area contributed by atoms with E-state index >= 15 is 0 Å². The molecule has 0 aliphatic carbocycles. The normalized spacial score (nSPS) is 18.3. The second-order valence-electron chi connectivity index (χ2n) is 5.28. The van der Waals surface area contributed by atoms with Gasteiger partial charge >= 0.3 is 0 Å². The second-order valence-corrected chi connectivity index (χ2v) is 5.28. The van der Waals surface area contributed by atoms with Crippen molar-refractivity contribution in [2.75, 3.05) is 26.2 Å². The van der Waals surface area contributed by atoms with E-state index in [-0.39, 0.29) is 5.54 Å². The molecule has 2 heterocycles. The first-order valence-electron chi connectivity index (χ1n) is 6.50. The van der Waals surface area contributed by atoms with Crippen LogP contribution in [0.1, 0.15) is 19.7 Å². The minimum atomic E-state index is -0.152. The molecule has 2 aromatic rings. The number of rotatable bonds is 2. The maximum absolute atomic E-state index is 5.91. The van der Waals surface area contributed by atoms with Crippen LogP contribution in [0.15, 0.2) is 28.7 Å². The Morgan fingerprint density at radius 1 is 1.22 bits per heavy atom. The smallest absolute Gasteiger partial charge is 0.215 e. The molecular formula is C14H19N3O. The van der Waals surface area contributed by atoms with Crippen LogP contribution in [0.2, 0.25) is 0 Å². The quantitative estimate of drug-likeness (QED) is 0.878. The Morgan fingerprint density at radius 2 is 1.94 bits per heavy atom. The van der Waals surface area contributed by atoms with Gasteiger partial charge in [-0.15, -0.1) is 0 Å². The van der Waals surface area contributed by atoms with E-state index in [1.54, 1.807) is 0 Å². The van der Waals surface area contributed by atoms with Crippen molar-refractivity contribution in [2.45, 2.75) is 19.4 Å². The third-order valence-corrected chi connectivity index (χ3v) is 3.72. The SMILES string of the molecule is CC(C)(c1nc2ccccc2o1)N1CCNCC1. The summed E-state index contributed by atoms with van der Waals surface area (Å²) in [6.45, 7) is 8.50. The first kappa shape index (κ1) is 11.7. The van der Waals surface area contributed by atoms with E-state index in [1.165, 1.54) is 0 Å². The molecule has 4 heteroatoms. The van der Waals surface area contributed by atoms with Crippen molar-refractivity contribution >= 4 is 11.1 Å². The Balaban J connectivity index is 1.96. The van der Waals surface area contributed by atoms with Gasteiger partial charge in [0.25, 0.3) is 0 Å². The average molecular weight is 245 g/mol. The van der Waals surface area contributed by atoms with Crippen molar-refractivity contribution in [3.63, 3.8) is 0 Å². The van der Waals surface area contributed by atoms with E-state index < -0.39 is 0 Å². The van der Waals surface area contributed by atoms with E-state index in [1.807, 2.05) is 24.3 Å². The summed E-state index contributed by atoms with van der Waals surface area (Å²) < 4.78 is 5.91. The second kappa shape index (κ2) is 4.37. The number of piperazine rings is 1. The zero-order valence-electron chi connectivity index (χ0n) is 10.9. The number of oxazole rings is 1. The zero-order valence-corrected chi connectivity index (χ0v) is 10.9. The number of hydrogen-bond donors (Lipinski definition) is 1. The highest BCUT2D eigenvalue weighted by atomic mass is 16.4. The maximum atomic E-state index is 5.91. The monoisotopic (exact) mass is 245 g/mol. The van der Waals surface area contributed by atoms with E-state index in [0.29, 0.717) is 0 Å². The predicted molar refractivity (Wildman–Crippen MR) is 71.5 cm³/mol. The van der Waals surface area contributed by atoms with Gasteiger partial charge in [-0.3, -0.25) is 4.90 Å². The third-order valence-electron chi connectivity index (χ3n) is 3.72. The fourth-order valence-electron chi connectivity index (χ4n) is 2.49. The summed E-state index contributed by atoms with van der Waals surface area (Å²) in [5.41, 5.74) is 1.66. The van der Waals surface area contributed by atoms with Crippen LogP contribution in [0.3, 0.4) is 0 Å². The summed E-state index contributed by atoms with van der Waals surface area (Å²) in [5.74, 6) is 0.811. The molecule has 0 unspecified atom stereocenters.